The molecule has 0 spiro atoms. The lowest BCUT2D eigenvalue weighted by molar-refractivity contribution is 0.573. The molecule has 0 aliphatic carbocycles. The second-order valence-electron chi connectivity index (χ2n) is 4.14. The minimum atomic E-state index is 0.582. The number of rotatable bonds is 3. The Morgan fingerprint density at radius 2 is 1.84 bits per heavy atom. The van der Waals surface area contributed by atoms with Crippen LogP contribution < -0.4 is 0 Å². The van der Waals surface area contributed by atoms with E-state index in [1.807, 2.05) is 54.6 Å². The highest BCUT2D eigenvalue weighted by atomic mass is 35.5. The van der Waals surface area contributed by atoms with Gasteiger partial charge in [-0.25, -0.2) is 0 Å². The number of hydrogen-bond acceptors (Lipinski definition) is 3. The van der Waals surface area contributed by atoms with Gasteiger partial charge in [-0.05, 0) is 22.9 Å². The van der Waals surface area contributed by atoms with Gasteiger partial charge in [-0.3, -0.25) is 0 Å². The van der Waals surface area contributed by atoms with Crippen molar-refractivity contribution in [3.8, 4) is 11.4 Å². The number of tetrazole rings is 1. The number of nitrogens with zero attached hydrogens (tertiary/aromatic N) is 4. The van der Waals surface area contributed by atoms with Gasteiger partial charge in [0.15, 0.2) is 0 Å². The highest BCUT2D eigenvalue weighted by Crippen LogP contribution is 2.18. The van der Waals surface area contributed by atoms with Gasteiger partial charge in [-0.1, -0.05) is 54.1 Å². The van der Waals surface area contributed by atoms with Gasteiger partial charge in [0, 0.05) is 10.6 Å². The summed E-state index contributed by atoms with van der Waals surface area (Å²) in [6.07, 6.45) is 0. The average molecular weight is 271 g/mol. The summed E-state index contributed by atoms with van der Waals surface area (Å²) < 4.78 is 0. The molecule has 0 radical (unpaired) electrons. The Hall–Kier alpha value is -2.20. The smallest absolute Gasteiger partial charge is 0.159 e. The largest absolute Gasteiger partial charge is 0.204 e. The Morgan fingerprint density at radius 3 is 2.63 bits per heavy atom. The first kappa shape index (κ1) is 11.9. The first-order valence-corrected chi connectivity index (χ1v) is 6.27. The third kappa shape index (κ3) is 2.80. The van der Waals surface area contributed by atoms with Crippen molar-refractivity contribution in [3.05, 3.63) is 65.2 Å². The summed E-state index contributed by atoms with van der Waals surface area (Å²) in [5.41, 5.74) is 2.00. The van der Waals surface area contributed by atoms with Crippen molar-refractivity contribution in [1.29, 1.82) is 0 Å². The van der Waals surface area contributed by atoms with Gasteiger partial charge in [-0.15, -0.1) is 10.2 Å². The summed E-state index contributed by atoms with van der Waals surface area (Å²) in [4.78, 5) is 1.57. The van der Waals surface area contributed by atoms with Crippen LogP contribution in [0.15, 0.2) is 54.6 Å². The van der Waals surface area contributed by atoms with Crippen LogP contribution >= 0.6 is 11.6 Å². The molecule has 4 nitrogen and oxygen atoms in total. The maximum atomic E-state index is 5.95. The van der Waals surface area contributed by atoms with E-state index in [4.69, 9.17) is 11.6 Å². The molecule has 0 saturated heterocycles. The lowest BCUT2D eigenvalue weighted by atomic mass is 10.2. The SMILES string of the molecule is Clc1cccc(-c2nnn(Cc3ccccc3)n2)c1. The first-order valence-electron chi connectivity index (χ1n) is 5.89. The number of aromatic nitrogens is 4. The summed E-state index contributed by atoms with van der Waals surface area (Å²) >= 11 is 5.95. The lowest BCUT2D eigenvalue weighted by Gasteiger charge is -1.98. The van der Waals surface area contributed by atoms with Crippen LogP contribution in [-0.4, -0.2) is 20.2 Å². The van der Waals surface area contributed by atoms with Crippen LogP contribution in [0.1, 0.15) is 5.56 Å². The maximum absolute atomic E-state index is 5.95. The molecule has 0 unspecified atom stereocenters. The molecule has 19 heavy (non-hydrogen) atoms. The van der Waals surface area contributed by atoms with Gasteiger partial charge in [0.05, 0.1) is 6.54 Å². The molecule has 1 aromatic heterocycles. The maximum Gasteiger partial charge on any atom is 0.204 e. The zero-order chi connectivity index (χ0) is 13.1. The normalized spacial score (nSPS) is 10.6. The number of halogens is 1. The molecule has 94 valence electrons. The molecule has 0 amide bonds. The van der Waals surface area contributed by atoms with Crippen LogP contribution in [0.2, 0.25) is 5.02 Å². The van der Waals surface area contributed by atoms with E-state index in [-0.39, 0.29) is 0 Å². The third-order valence-electron chi connectivity index (χ3n) is 2.70. The molecular formula is C14H11ClN4. The summed E-state index contributed by atoms with van der Waals surface area (Å²) in [6.45, 7) is 0.606. The summed E-state index contributed by atoms with van der Waals surface area (Å²) in [7, 11) is 0. The van der Waals surface area contributed by atoms with Gasteiger partial charge in [0.25, 0.3) is 0 Å². The molecule has 0 aliphatic rings. The second kappa shape index (κ2) is 5.20. The monoisotopic (exact) mass is 270 g/mol. The van der Waals surface area contributed by atoms with E-state index >= 15 is 0 Å². The third-order valence-corrected chi connectivity index (χ3v) is 2.94. The molecule has 1 heterocycles. The fraction of sp³-hybridized carbons (Fsp3) is 0.0714. The van der Waals surface area contributed by atoms with Gasteiger partial charge in [-0.2, -0.15) is 4.80 Å². The quantitative estimate of drug-likeness (QED) is 0.735. The average Bonchev–Trinajstić information content (AvgIpc) is 2.88. The van der Waals surface area contributed by atoms with Crippen LogP contribution in [0.4, 0.5) is 0 Å². The van der Waals surface area contributed by atoms with Crippen molar-refractivity contribution in [2.24, 2.45) is 0 Å². The van der Waals surface area contributed by atoms with E-state index in [0.717, 1.165) is 11.1 Å². The summed E-state index contributed by atoms with van der Waals surface area (Å²) in [5, 5.41) is 13.1. The molecule has 5 heteroatoms. The van der Waals surface area contributed by atoms with E-state index in [9.17, 15) is 0 Å². The van der Waals surface area contributed by atoms with Crippen molar-refractivity contribution in [2.75, 3.05) is 0 Å². The number of hydrogen-bond donors (Lipinski definition) is 0. The second-order valence-corrected chi connectivity index (χ2v) is 4.58. The van der Waals surface area contributed by atoms with Crippen LogP contribution in [-0.2, 0) is 6.54 Å². The first-order chi connectivity index (χ1) is 9.31. The Morgan fingerprint density at radius 1 is 1.00 bits per heavy atom. The molecule has 2 aromatic carbocycles. The summed E-state index contributed by atoms with van der Waals surface area (Å²) in [6, 6.07) is 17.4. The highest BCUT2D eigenvalue weighted by molar-refractivity contribution is 6.30. The zero-order valence-corrected chi connectivity index (χ0v) is 10.8. The number of benzene rings is 2. The van der Waals surface area contributed by atoms with Gasteiger partial charge in [0.1, 0.15) is 0 Å². The van der Waals surface area contributed by atoms with Crippen molar-refractivity contribution < 1.29 is 0 Å². The van der Waals surface area contributed by atoms with Crippen molar-refractivity contribution in [1.82, 2.24) is 20.2 Å². The molecule has 0 fully saturated rings. The highest BCUT2D eigenvalue weighted by Gasteiger charge is 2.06. The fourth-order valence-corrected chi connectivity index (χ4v) is 1.99. The van der Waals surface area contributed by atoms with Gasteiger partial charge >= 0.3 is 0 Å². The van der Waals surface area contributed by atoms with Crippen LogP contribution in [0.25, 0.3) is 11.4 Å². The van der Waals surface area contributed by atoms with Gasteiger partial charge in [0.2, 0.25) is 5.82 Å². The van der Waals surface area contributed by atoms with Crippen molar-refractivity contribution in [3.63, 3.8) is 0 Å². The lowest BCUT2D eigenvalue weighted by Crippen LogP contribution is -2.03. The molecule has 0 atom stereocenters. The molecule has 0 saturated carbocycles. The van der Waals surface area contributed by atoms with E-state index in [1.165, 1.54) is 0 Å². The predicted octanol–water partition coefficient (Wildman–Crippen LogP) is 3.04. The van der Waals surface area contributed by atoms with Crippen LogP contribution in [0.3, 0.4) is 0 Å². The Balaban J connectivity index is 1.84. The Labute approximate surface area is 115 Å². The molecule has 3 aromatic rings. The summed E-state index contributed by atoms with van der Waals surface area (Å²) in [5.74, 6) is 0.582. The van der Waals surface area contributed by atoms with Crippen LogP contribution in [0.5, 0.6) is 0 Å². The minimum absolute atomic E-state index is 0.582. The van der Waals surface area contributed by atoms with E-state index < -0.39 is 0 Å². The van der Waals surface area contributed by atoms with E-state index in [0.29, 0.717) is 17.4 Å². The van der Waals surface area contributed by atoms with Crippen LogP contribution in [0, 0.1) is 0 Å². The minimum Gasteiger partial charge on any atom is -0.159 e. The van der Waals surface area contributed by atoms with E-state index in [2.05, 4.69) is 15.4 Å². The zero-order valence-electron chi connectivity index (χ0n) is 10.1. The standard InChI is InChI=1S/C14H11ClN4/c15-13-8-4-7-12(9-13)14-16-18-19(17-14)10-11-5-2-1-3-6-11/h1-9H,10H2. The Bertz CT molecular complexity index is 679. The predicted molar refractivity (Wildman–Crippen MR) is 73.8 cm³/mol. The van der Waals surface area contributed by atoms with Crippen molar-refractivity contribution in [2.45, 2.75) is 6.54 Å². The molecule has 0 bridgehead atoms. The van der Waals surface area contributed by atoms with Crippen molar-refractivity contribution >= 4 is 11.6 Å². The molecule has 3 rings (SSSR count). The molecular weight excluding hydrogens is 260 g/mol. The Kier molecular flexibility index (Phi) is 3.25. The molecule has 0 N–H and O–H groups in total. The van der Waals surface area contributed by atoms with E-state index in [1.54, 1.807) is 4.80 Å². The topological polar surface area (TPSA) is 43.6 Å². The molecule has 0 aliphatic heterocycles. The van der Waals surface area contributed by atoms with Gasteiger partial charge < -0.3 is 0 Å². The fourth-order valence-electron chi connectivity index (χ4n) is 1.80.